The van der Waals surface area contributed by atoms with Crippen LogP contribution in [0.25, 0.3) is 11.3 Å². The molecule has 11 nitrogen and oxygen atoms in total. The zero-order valence-electron chi connectivity index (χ0n) is 20.4. The lowest BCUT2D eigenvalue weighted by molar-refractivity contribution is -0.119. The highest BCUT2D eigenvalue weighted by molar-refractivity contribution is 6.30. The molecule has 38 heavy (non-hydrogen) atoms. The first-order valence-corrected chi connectivity index (χ1v) is 11.9. The van der Waals surface area contributed by atoms with E-state index in [1.807, 2.05) is 0 Å². The van der Waals surface area contributed by atoms with E-state index in [4.69, 9.17) is 30.2 Å². The molecule has 2 heterocycles. The minimum absolute atomic E-state index is 0.00129. The number of ether oxygens (including phenoxy) is 3. The molecule has 2 N–H and O–H groups in total. The van der Waals surface area contributed by atoms with Gasteiger partial charge in [0, 0.05) is 36.3 Å². The Labute approximate surface area is 221 Å². The van der Waals surface area contributed by atoms with Crippen molar-refractivity contribution in [1.82, 2.24) is 9.88 Å². The van der Waals surface area contributed by atoms with Crippen LogP contribution in [0.15, 0.2) is 53.3 Å². The number of rotatable bonds is 7. The number of carbonyl (C=O) groups excluding carboxylic acids is 3. The van der Waals surface area contributed by atoms with Crippen molar-refractivity contribution in [1.29, 1.82) is 0 Å². The fraction of sp³-hybridized carbons (Fsp3) is 0.280. The van der Waals surface area contributed by atoms with Crippen molar-refractivity contribution in [3.8, 4) is 17.2 Å². The Morgan fingerprint density at radius 1 is 1.18 bits per heavy atom. The maximum absolute atomic E-state index is 15.0. The van der Waals surface area contributed by atoms with E-state index in [0.717, 1.165) is 12.5 Å². The zero-order valence-corrected chi connectivity index (χ0v) is 21.2. The largest absolute Gasteiger partial charge is 0.515 e. The van der Waals surface area contributed by atoms with Gasteiger partial charge in [-0.15, -0.1) is 0 Å². The fourth-order valence-electron chi connectivity index (χ4n) is 3.87. The normalized spacial score (nSPS) is 16.7. The maximum Gasteiger partial charge on any atom is 0.515 e. The summed E-state index contributed by atoms with van der Waals surface area (Å²) in [7, 11) is 1.49. The highest BCUT2D eigenvalue weighted by Gasteiger charge is 2.40. The van der Waals surface area contributed by atoms with Gasteiger partial charge in [-0.2, -0.15) is 4.98 Å². The third kappa shape index (κ3) is 6.21. The molecule has 0 spiro atoms. The first-order chi connectivity index (χ1) is 18.3. The minimum Gasteiger partial charge on any atom is -0.439 e. The third-order valence-electron chi connectivity index (χ3n) is 5.72. The standard InChI is InChI=1S/C25H24ClFN4O7/c1-3-36-25(34)38-23-21(37-13-28-23)14-4-9-19(18(27)10-14)30-22(32)20-11-17(35-2)12-31(20)24(33)29-16-7-5-15(26)6-8-16/h4-10,13,17,20H,3,11-12H2,1-2H3,(H,29,33)(H,30,32)/t17-,20-/m1/s1. The van der Waals surface area contributed by atoms with E-state index in [0.29, 0.717) is 10.7 Å². The van der Waals surface area contributed by atoms with Crippen molar-refractivity contribution in [3.63, 3.8) is 0 Å². The number of hydrogen-bond donors (Lipinski definition) is 2. The Hall–Kier alpha value is -4.16. The molecule has 1 aliphatic heterocycles. The van der Waals surface area contributed by atoms with Crippen LogP contribution in [0.5, 0.6) is 5.88 Å². The highest BCUT2D eigenvalue weighted by Crippen LogP contribution is 2.32. The number of oxazole rings is 1. The van der Waals surface area contributed by atoms with Crippen LogP contribution in [-0.2, 0) is 14.3 Å². The number of halogens is 2. The molecule has 1 aliphatic rings. The summed E-state index contributed by atoms with van der Waals surface area (Å²) in [5, 5.41) is 5.77. The predicted molar refractivity (Wildman–Crippen MR) is 135 cm³/mol. The number of urea groups is 1. The molecule has 0 unspecified atom stereocenters. The van der Waals surface area contributed by atoms with Crippen molar-refractivity contribution in [2.24, 2.45) is 0 Å². The van der Waals surface area contributed by atoms with Crippen molar-refractivity contribution in [2.45, 2.75) is 25.5 Å². The lowest BCUT2D eigenvalue weighted by Gasteiger charge is -2.24. The zero-order chi connectivity index (χ0) is 27.2. The summed E-state index contributed by atoms with van der Waals surface area (Å²) < 4.78 is 35.3. The van der Waals surface area contributed by atoms with Gasteiger partial charge in [-0.1, -0.05) is 11.6 Å². The number of carbonyl (C=O) groups is 3. The quantitative estimate of drug-likeness (QED) is 0.399. The molecule has 0 aliphatic carbocycles. The minimum atomic E-state index is -0.984. The number of methoxy groups -OCH3 is 1. The van der Waals surface area contributed by atoms with Gasteiger partial charge in [0.25, 0.3) is 5.88 Å². The number of aromatic nitrogens is 1. The van der Waals surface area contributed by atoms with Crippen molar-refractivity contribution in [3.05, 3.63) is 59.7 Å². The van der Waals surface area contributed by atoms with Gasteiger partial charge in [0.15, 0.2) is 12.2 Å². The Balaban J connectivity index is 1.47. The summed E-state index contributed by atoms with van der Waals surface area (Å²) in [6.07, 6.45) is -0.100. The van der Waals surface area contributed by atoms with Crippen LogP contribution >= 0.6 is 11.6 Å². The SMILES string of the molecule is CCOC(=O)Oc1ncoc1-c1ccc(NC(=O)[C@H]2C[C@@H](OC)CN2C(=O)Nc2ccc(Cl)cc2)c(F)c1. The van der Waals surface area contributed by atoms with E-state index in [1.165, 1.54) is 24.1 Å². The molecule has 4 rings (SSSR count). The second kappa shape index (κ2) is 11.9. The van der Waals surface area contributed by atoms with Gasteiger partial charge in [0.05, 0.1) is 18.4 Å². The van der Waals surface area contributed by atoms with E-state index in [9.17, 15) is 18.8 Å². The molecule has 0 radical (unpaired) electrons. The summed E-state index contributed by atoms with van der Waals surface area (Å²) in [4.78, 5) is 42.8. The number of anilines is 2. The molecule has 200 valence electrons. The average Bonchev–Trinajstić information content (AvgIpc) is 3.54. The Morgan fingerprint density at radius 2 is 1.95 bits per heavy atom. The van der Waals surface area contributed by atoms with Gasteiger partial charge >= 0.3 is 12.2 Å². The van der Waals surface area contributed by atoms with E-state index in [2.05, 4.69) is 15.6 Å². The van der Waals surface area contributed by atoms with Gasteiger partial charge in [-0.05, 0) is 49.4 Å². The Bertz CT molecular complexity index is 1320. The van der Waals surface area contributed by atoms with Crippen LogP contribution in [0, 0.1) is 5.82 Å². The lowest BCUT2D eigenvalue weighted by atomic mass is 10.1. The van der Waals surface area contributed by atoms with Crippen LogP contribution in [-0.4, -0.2) is 60.4 Å². The van der Waals surface area contributed by atoms with Crippen LogP contribution in [0.3, 0.4) is 0 Å². The fourth-order valence-corrected chi connectivity index (χ4v) is 4.00. The van der Waals surface area contributed by atoms with Crippen LogP contribution in [0.2, 0.25) is 5.02 Å². The van der Waals surface area contributed by atoms with Crippen LogP contribution in [0.1, 0.15) is 13.3 Å². The summed E-state index contributed by atoms with van der Waals surface area (Å²) >= 11 is 5.89. The molecule has 3 aromatic rings. The molecule has 0 bridgehead atoms. The molecule has 2 atom stereocenters. The number of likely N-dealkylation sites (tertiary alicyclic amines) is 1. The lowest BCUT2D eigenvalue weighted by Crippen LogP contribution is -2.45. The first-order valence-electron chi connectivity index (χ1n) is 11.5. The third-order valence-corrected chi connectivity index (χ3v) is 5.97. The first kappa shape index (κ1) is 26.9. The maximum atomic E-state index is 15.0. The van der Waals surface area contributed by atoms with Crippen molar-refractivity contribution < 1.29 is 37.4 Å². The van der Waals surface area contributed by atoms with Crippen LogP contribution < -0.4 is 15.4 Å². The molecular weight excluding hydrogens is 523 g/mol. The second-order valence-electron chi connectivity index (χ2n) is 8.15. The molecule has 1 fully saturated rings. The molecule has 2 aromatic carbocycles. The molecular formula is C25H24ClFN4O7. The van der Waals surface area contributed by atoms with Crippen molar-refractivity contribution >= 4 is 41.1 Å². The number of hydrogen-bond acceptors (Lipinski definition) is 8. The second-order valence-corrected chi connectivity index (χ2v) is 8.59. The molecule has 1 saturated heterocycles. The number of nitrogens with zero attached hydrogens (tertiary/aromatic N) is 2. The smallest absolute Gasteiger partial charge is 0.439 e. The highest BCUT2D eigenvalue weighted by atomic mass is 35.5. The van der Waals surface area contributed by atoms with Crippen molar-refractivity contribution in [2.75, 3.05) is 30.9 Å². The topological polar surface area (TPSA) is 132 Å². The summed E-state index contributed by atoms with van der Waals surface area (Å²) in [6, 6.07) is 8.95. The average molecular weight is 547 g/mol. The molecule has 3 amide bonds. The van der Waals surface area contributed by atoms with Gasteiger partial charge < -0.3 is 34.2 Å². The van der Waals surface area contributed by atoms with Gasteiger partial charge in [0.2, 0.25) is 5.91 Å². The summed E-state index contributed by atoms with van der Waals surface area (Å²) in [6.45, 7) is 1.88. The van der Waals surface area contributed by atoms with E-state index in [-0.39, 0.29) is 48.6 Å². The monoisotopic (exact) mass is 546 g/mol. The van der Waals surface area contributed by atoms with Crippen LogP contribution in [0.4, 0.5) is 25.4 Å². The van der Waals surface area contributed by atoms with Gasteiger partial charge in [-0.25, -0.2) is 14.0 Å². The van der Waals surface area contributed by atoms with Gasteiger partial charge in [-0.3, -0.25) is 4.79 Å². The summed E-state index contributed by atoms with van der Waals surface area (Å²) in [5.74, 6) is -1.57. The number of benzene rings is 2. The number of nitrogens with one attached hydrogen (secondary N) is 2. The van der Waals surface area contributed by atoms with E-state index >= 15 is 0 Å². The number of amides is 3. The van der Waals surface area contributed by atoms with E-state index < -0.39 is 30.0 Å². The van der Waals surface area contributed by atoms with E-state index in [1.54, 1.807) is 31.2 Å². The Kier molecular flexibility index (Phi) is 8.44. The summed E-state index contributed by atoms with van der Waals surface area (Å²) in [5.41, 5.74) is 0.589. The molecule has 1 aromatic heterocycles. The Morgan fingerprint density at radius 3 is 2.63 bits per heavy atom. The predicted octanol–water partition coefficient (Wildman–Crippen LogP) is 4.93. The molecule has 0 saturated carbocycles. The molecule has 13 heteroatoms. The van der Waals surface area contributed by atoms with Gasteiger partial charge in [0.1, 0.15) is 11.9 Å².